The van der Waals surface area contributed by atoms with Gasteiger partial charge in [-0.3, -0.25) is 9.80 Å². The minimum Gasteiger partial charge on any atom is -0.492 e. The lowest BCUT2D eigenvalue weighted by molar-refractivity contribution is -0.136. The van der Waals surface area contributed by atoms with Crippen LogP contribution in [0.15, 0.2) is 71.8 Å². The van der Waals surface area contributed by atoms with Crippen LogP contribution in [0.2, 0.25) is 0 Å². The number of anilines is 2. The Balaban J connectivity index is 1.59. The third-order valence-corrected chi connectivity index (χ3v) is 5.68. The molecule has 2 aliphatic rings. The van der Waals surface area contributed by atoms with Crippen molar-refractivity contribution in [3.05, 3.63) is 89.2 Å². The number of hydrogen-bond acceptors (Lipinski definition) is 5. The zero-order valence-corrected chi connectivity index (χ0v) is 16.5. The third-order valence-electron chi connectivity index (χ3n) is 5.68. The van der Waals surface area contributed by atoms with Crippen molar-refractivity contribution >= 4 is 23.1 Å². The van der Waals surface area contributed by atoms with E-state index in [0.29, 0.717) is 23.6 Å². The first-order chi connectivity index (χ1) is 15.0. The monoisotopic (exact) mass is 417 g/mol. The molecule has 0 amide bonds. The molecular weight excluding hydrogens is 397 g/mol. The molecular formula is C24H20FN3O3. The number of nitrogens with two attached hydrogens (primary N) is 1. The first-order valence-electron chi connectivity index (χ1n) is 9.96. The van der Waals surface area contributed by atoms with Crippen molar-refractivity contribution in [2.75, 3.05) is 17.3 Å². The Labute approximate surface area is 178 Å². The van der Waals surface area contributed by atoms with Gasteiger partial charge in [-0.1, -0.05) is 18.2 Å². The van der Waals surface area contributed by atoms with Gasteiger partial charge in [-0.05, 0) is 59.7 Å². The lowest BCUT2D eigenvalue weighted by atomic mass is 9.85. The Morgan fingerprint density at radius 3 is 2.58 bits per heavy atom. The Kier molecular flexibility index (Phi) is 4.58. The molecule has 31 heavy (non-hydrogen) atoms. The van der Waals surface area contributed by atoms with Gasteiger partial charge in [0, 0.05) is 11.3 Å². The van der Waals surface area contributed by atoms with Crippen LogP contribution >= 0.6 is 0 Å². The van der Waals surface area contributed by atoms with Crippen molar-refractivity contribution in [2.24, 2.45) is 11.0 Å². The van der Waals surface area contributed by atoms with E-state index >= 15 is 0 Å². The molecule has 2 aliphatic heterocycles. The summed E-state index contributed by atoms with van der Waals surface area (Å²) in [5.74, 6) is -0.623. The van der Waals surface area contributed by atoms with Crippen molar-refractivity contribution < 1.29 is 19.0 Å². The quantitative estimate of drug-likeness (QED) is 0.627. The van der Waals surface area contributed by atoms with Crippen LogP contribution in [0.3, 0.4) is 0 Å². The molecule has 2 atom stereocenters. The minimum absolute atomic E-state index is 0.0672. The molecule has 3 aromatic rings. The number of carboxylic acids is 1. The highest BCUT2D eigenvalue weighted by molar-refractivity contribution is 6.08. The van der Waals surface area contributed by atoms with Gasteiger partial charge in [-0.25, -0.2) is 4.39 Å². The average molecular weight is 417 g/mol. The van der Waals surface area contributed by atoms with E-state index in [4.69, 9.17) is 20.7 Å². The van der Waals surface area contributed by atoms with Crippen molar-refractivity contribution in [2.45, 2.75) is 12.5 Å². The van der Waals surface area contributed by atoms with Gasteiger partial charge in [0.15, 0.2) is 0 Å². The summed E-state index contributed by atoms with van der Waals surface area (Å²) in [4.78, 5) is 11.1. The highest BCUT2D eigenvalue weighted by Crippen LogP contribution is 2.44. The largest absolute Gasteiger partial charge is 0.492 e. The summed E-state index contributed by atoms with van der Waals surface area (Å²) in [6.07, 6.45) is -0.0672. The molecule has 0 saturated carbocycles. The number of fused-ring (bicyclic) bond motifs is 3. The molecule has 5 rings (SSSR count). The Hall–Kier alpha value is -3.87. The van der Waals surface area contributed by atoms with E-state index in [2.05, 4.69) is 0 Å². The van der Waals surface area contributed by atoms with Gasteiger partial charge in [0.2, 0.25) is 0 Å². The maximum Gasteiger partial charge on any atom is 0.307 e. The van der Waals surface area contributed by atoms with Gasteiger partial charge in [-0.2, -0.15) is 5.10 Å². The second kappa shape index (κ2) is 7.43. The number of hydrogen-bond donors (Lipinski definition) is 2. The predicted molar refractivity (Wildman–Crippen MR) is 116 cm³/mol. The van der Waals surface area contributed by atoms with E-state index in [-0.39, 0.29) is 24.2 Å². The van der Waals surface area contributed by atoms with Crippen LogP contribution < -0.4 is 15.5 Å². The summed E-state index contributed by atoms with van der Waals surface area (Å²) in [7, 11) is 0. The van der Waals surface area contributed by atoms with Gasteiger partial charge in [-0.15, -0.1) is 0 Å². The first-order valence-corrected chi connectivity index (χ1v) is 9.96. The number of benzene rings is 3. The average Bonchev–Trinajstić information content (AvgIpc) is 3.14. The van der Waals surface area contributed by atoms with Crippen molar-refractivity contribution in [1.82, 2.24) is 0 Å². The molecule has 0 bridgehead atoms. The van der Waals surface area contributed by atoms with E-state index < -0.39 is 5.97 Å². The molecule has 0 fully saturated rings. The van der Waals surface area contributed by atoms with E-state index in [1.54, 1.807) is 24.3 Å². The molecule has 0 radical (unpaired) electrons. The molecule has 156 valence electrons. The molecule has 2 unspecified atom stereocenters. The number of halogens is 1. The smallest absolute Gasteiger partial charge is 0.307 e. The first kappa shape index (κ1) is 19.1. The number of aliphatic carboxylic acids is 1. The number of hydrazone groups is 1. The standard InChI is InChI=1S/C24H20FN3O3/c25-16-4-2-15(3-5-16)24-20-13-31-21-11-14(12-22(29)30)1-10-19(21)23(20)27-28(24)18-8-6-17(26)7-9-18/h1-11,20,24H,12-13,26H2,(H,29,30). The summed E-state index contributed by atoms with van der Waals surface area (Å²) in [6, 6.07) is 19.1. The number of rotatable bonds is 4. The molecule has 0 aromatic heterocycles. The number of carbonyl (C=O) groups is 1. The van der Waals surface area contributed by atoms with Crippen LogP contribution in [0.4, 0.5) is 15.8 Å². The zero-order valence-electron chi connectivity index (χ0n) is 16.5. The molecule has 0 spiro atoms. The Morgan fingerprint density at radius 1 is 1.13 bits per heavy atom. The van der Waals surface area contributed by atoms with Crippen molar-refractivity contribution in [3.8, 4) is 5.75 Å². The molecule has 3 aromatic carbocycles. The topological polar surface area (TPSA) is 88.2 Å². The molecule has 6 nitrogen and oxygen atoms in total. The maximum atomic E-state index is 13.6. The van der Waals surface area contributed by atoms with Gasteiger partial charge in [0.05, 0.1) is 36.4 Å². The zero-order chi connectivity index (χ0) is 21.5. The molecule has 0 aliphatic carbocycles. The number of ether oxygens (including phenoxy) is 1. The lowest BCUT2D eigenvalue weighted by Crippen LogP contribution is -2.33. The maximum absolute atomic E-state index is 13.6. The lowest BCUT2D eigenvalue weighted by Gasteiger charge is -2.31. The van der Waals surface area contributed by atoms with Gasteiger partial charge in [0.1, 0.15) is 11.6 Å². The fourth-order valence-electron chi connectivity index (χ4n) is 4.24. The van der Waals surface area contributed by atoms with E-state index in [1.165, 1.54) is 12.1 Å². The van der Waals surface area contributed by atoms with E-state index in [1.807, 2.05) is 35.3 Å². The fraction of sp³-hybridized carbons (Fsp3) is 0.167. The molecule has 7 heteroatoms. The fourth-order valence-corrected chi connectivity index (χ4v) is 4.24. The van der Waals surface area contributed by atoms with Crippen molar-refractivity contribution in [3.63, 3.8) is 0 Å². The van der Waals surface area contributed by atoms with E-state index in [0.717, 1.165) is 22.5 Å². The second-order valence-corrected chi connectivity index (χ2v) is 7.74. The number of nitrogens with zero attached hydrogens (tertiary/aromatic N) is 2. The van der Waals surface area contributed by atoms with E-state index in [9.17, 15) is 9.18 Å². The van der Waals surface area contributed by atoms with Crippen LogP contribution in [0, 0.1) is 11.7 Å². The van der Waals surface area contributed by atoms with Crippen LogP contribution in [0.25, 0.3) is 0 Å². The second-order valence-electron chi connectivity index (χ2n) is 7.74. The van der Waals surface area contributed by atoms with Crippen LogP contribution in [0.1, 0.15) is 22.7 Å². The summed E-state index contributed by atoms with van der Waals surface area (Å²) >= 11 is 0. The highest BCUT2D eigenvalue weighted by Gasteiger charge is 2.43. The number of carboxylic acid groups (broad SMARTS) is 1. The SMILES string of the molecule is Nc1ccc(N2N=C3c4ccc(CC(=O)O)cc4OCC3C2c2ccc(F)cc2)cc1. The van der Waals surface area contributed by atoms with Crippen LogP contribution in [-0.2, 0) is 11.2 Å². The van der Waals surface area contributed by atoms with Crippen molar-refractivity contribution in [1.29, 1.82) is 0 Å². The predicted octanol–water partition coefficient (Wildman–Crippen LogP) is 4.01. The minimum atomic E-state index is -0.891. The molecule has 0 saturated heterocycles. The third kappa shape index (κ3) is 3.48. The Bertz CT molecular complexity index is 1180. The molecule has 2 heterocycles. The van der Waals surface area contributed by atoms with Gasteiger partial charge >= 0.3 is 5.97 Å². The van der Waals surface area contributed by atoms with Gasteiger partial charge < -0.3 is 15.6 Å². The highest BCUT2D eigenvalue weighted by atomic mass is 19.1. The molecule has 3 N–H and O–H groups in total. The summed E-state index contributed by atoms with van der Waals surface area (Å²) < 4.78 is 19.6. The summed E-state index contributed by atoms with van der Waals surface area (Å²) in [5, 5.41) is 15.9. The summed E-state index contributed by atoms with van der Waals surface area (Å²) in [6.45, 7) is 0.385. The summed E-state index contributed by atoms with van der Waals surface area (Å²) in [5.41, 5.74) is 10.7. The normalized spacial score (nSPS) is 19.3. The Morgan fingerprint density at radius 2 is 1.87 bits per heavy atom. The number of nitrogen functional groups attached to an aromatic ring is 1. The van der Waals surface area contributed by atoms with Gasteiger partial charge in [0.25, 0.3) is 0 Å². The van der Waals surface area contributed by atoms with Crippen LogP contribution in [-0.4, -0.2) is 23.4 Å². The van der Waals surface area contributed by atoms with Crippen LogP contribution in [0.5, 0.6) is 5.75 Å².